The summed E-state index contributed by atoms with van der Waals surface area (Å²) < 4.78 is 0. The minimum atomic E-state index is 0.282. The minimum absolute atomic E-state index is 0.282. The van der Waals surface area contributed by atoms with Gasteiger partial charge in [-0.05, 0) is 18.9 Å². The summed E-state index contributed by atoms with van der Waals surface area (Å²) in [6, 6.07) is 0. The molecule has 4 heteroatoms. The minimum Gasteiger partial charge on any atom is -0.396 e. The zero-order chi connectivity index (χ0) is 10.2. The van der Waals surface area contributed by atoms with Crippen LogP contribution >= 0.6 is 0 Å². The van der Waals surface area contributed by atoms with E-state index in [9.17, 15) is 0 Å². The Labute approximate surface area is 84.8 Å². The Kier molecular flexibility index (Phi) is 5.25. The van der Waals surface area contributed by atoms with Crippen LogP contribution in [-0.2, 0) is 6.54 Å². The van der Waals surface area contributed by atoms with Gasteiger partial charge in [0.1, 0.15) is 0 Å². The van der Waals surface area contributed by atoms with E-state index in [2.05, 4.69) is 22.2 Å². The molecule has 0 saturated heterocycles. The van der Waals surface area contributed by atoms with Crippen LogP contribution in [0, 0.1) is 5.92 Å². The lowest BCUT2D eigenvalue weighted by atomic mass is 10.0. The number of aromatic amines is 1. The second-order valence-electron chi connectivity index (χ2n) is 3.49. The van der Waals surface area contributed by atoms with Crippen LogP contribution in [0.4, 0.5) is 0 Å². The van der Waals surface area contributed by atoms with Crippen molar-refractivity contribution in [1.82, 2.24) is 15.3 Å². The predicted molar refractivity (Wildman–Crippen MR) is 55.8 cm³/mol. The number of aliphatic hydroxyl groups is 1. The molecule has 80 valence electrons. The van der Waals surface area contributed by atoms with Crippen LogP contribution in [0.15, 0.2) is 12.5 Å². The Morgan fingerprint density at radius 2 is 2.50 bits per heavy atom. The molecule has 0 aliphatic carbocycles. The Hall–Kier alpha value is -0.870. The highest BCUT2D eigenvalue weighted by Gasteiger charge is 2.04. The van der Waals surface area contributed by atoms with E-state index < -0.39 is 0 Å². The molecule has 4 nitrogen and oxygen atoms in total. The first kappa shape index (κ1) is 11.2. The number of aliphatic hydroxyl groups excluding tert-OH is 1. The maximum atomic E-state index is 8.81. The van der Waals surface area contributed by atoms with Crippen LogP contribution in [-0.4, -0.2) is 28.2 Å². The van der Waals surface area contributed by atoms with E-state index in [4.69, 9.17) is 5.11 Å². The molecule has 1 rings (SSSR count). The molecule has 0 bridgehead atoms. The molecular formula is C10H19N3O. The zero-order valence-corrected chi connectivity index (χ0v) is 8.66. The third-order valence-electron chi connectivity index (χ3n) is 2.42. The first-order valence-electron chi connectivity index (χ1n) is 5.15. The number of H-pyrrole nitrogens is 1. The Bertz CT molecular complexity index is 223. The maximum Gasteiger partial charge on any atom is 0.0922 e. The fraction of sp³-hybridized carbons (Fsp3) is 0.700. The highest BCUT2D eigenvalue weighted by molar-refractivity contribution is 4.93. The van der Waals surface area contributed by atoms with Gasteiger partial charge in [0, 0.05) is 25.0 Å². The van der Waals surface area contributed by atoms with Crippen molar-refractivity contribution in [2.45, 2.75) is 26.3 Å². The molecular weight excluding hydrogens is 178 g/mol. The topological polar surface area (TPSA) is 60.9 Å². The number of nitrogens with one attached hydrogen (secondary N) is 2. The third kappa shape index (κ3) is 3.89. The average Bonchev–Trinajstić information content (AvgIpc) is 2.69. The molecule has 3 N–H and O–H groups in total. The number of rotatable bonds is 7. The summed E-state index contributed by atoms with van der Waals surface area (Å²) in [6.45, 7) is 4.21. The van der Waals surface area contributed by atoms with Crippen LogP contribution in [0.1, 0.15) is 25.5 Å². The Morgan fingerprint density at radius 3 is 3.07 bits per heavy atom. The van der Waals surface area contributed by atoms with Gasteiger partial charge in [-0.15, -0.1) is 0 Å². The lowest BCUT2D eigenvalue weighted by Crippen LogP contribution is -2.23. The monoisotopic (exact) mass is 197 g/mol. The summed E-state index contributed by atoms with van der Waals surface area (Å²) in [5.74, 6) is 0.572. The number of imidazole rings is 1. The van der Waals surface area contributed by atoms with Crippen LogP contribution in [0.25, 0.3) is 0 Å². The first-order chi connectivity index (χ1) is 6.86. The van der Waals surface area contributed by atoms with Gasteiger partial charge >= 0.3 is 0 Å². The summed E-state index contributed by atoms with van der Waals surface area (Å²) in [6.07, 6.45) is 5.49. The molecule has 0 saturated carbocycles. The Morgan fingerprint density at radius 1 is 1.64 bits per heavy atom. The summed E-state index contributed by atoms with van der Waals surface area (Å²) in [4.78, 5) is 6.98. The highest BCUT2D eigenvalue weighted by Crippen LogP contribution is 2.05. The number of nitrogens with zero attached hydrogens (tertiary/aromatic N) is 1. The van der Waals surface area contributed by atoms with Gasteiger partial charge in [0.05, 0.1) is 6.33 Å². The molecule has 0 fully saturated rings. The molecule has 1 aromatic rings. The van der Waals surface area contributed by atoms with Gasteiger partial charge in [0.2, 0.25) is 0 Å². The van der Waals surface area contributed by atoms with Crippen molar-refractivity contribution in [2.24, 2.45) is 5.92 Å². The van der Waals surface area contributed by atoms with E-state index in [1.54, 1.807) is 6.33 Å². The standard InChI is InChI=1S/C10H19N3O/c1-2-9(3-4-14)5-11-6-10-7-12-8-13-10/h7-9,11,14H,2-6H2,1H3,(H,12,13). The van der Waals surface area contributed by atoms with Gasteiger partial charge in [0.25, 0.3) is 0 Å². The van der Waals surface area contributed by atoms with Crippen molar-refractivity contribution in [1.29, 1.82) is 0 Å². The molecule has 14 heavy (non-hydrogen) atoms. The van der Waals surface area contributed by atoms with E-state index in [0.717, 1.165) is 31.6 Å². The maximum absolute atomic E-state index is 8.81. The zero-order valence-electron chi connectivity index (χ0n) is 8.66. The molecule has 0 aliphatic heterocycles. The van der Waals surface area contributed by atoms with E-state index in [1.807, 2.05) is 6.20 Å². The SMILES string of the molecule is CCC(CCO)CNCc1cnc[nH]1. The normalized spacial score (nSPS) is 13.0. The smallest absolute Gasteiger partial charge is 0.0922 e. The van der Waals surface area contributed by atoms with Crippen molar-refractivity contribution in [3.63, 3.8) is 0 Å². The van der Waals surface area contributed by atoms with Crippen LogP contribution in [0.5, 0.6) is 0 Å². The fourth-order valence-electron chi connectivity index (χ4n) is 1.43. The molecule has 1 heterocycles. The molecule has 0 amide bonds. The largest absolute Gasteiger partial charge is 0.396 e. The molecule has 1 unspecified atom stereocenters. The van der Waals surface area contributed by atoms with Crippen molar-refractivity contribution >= 4 is 0 Å². The van der Waals surface area contributed by atoms with Gasteiger partial charge in [-0.2, -0.15) is 0 Å². The molecule has 1 atom stereocenters. The van der Waals surface area contributed by atoms with Crippen molar-refractivity contribution in [3.05, 3.63) is 18.2 Å². The number of aromatic nitrogens is 2. The van der Waals surface area contributed by atoms with Crippen LogP contribution in [0.3, 0.4) is 0 Å². The highest BCUT2D eigenvalue weighted by atomic mass is 16.3. The number of hydrogen-bond acceptors (Lipinski definition) is 3. The second-order valence-corrected chi connectivity index (χ2v) is 3.49. The van der Waals surface area contributed by atoms with Crippen molar-refractivity contribution < 1.29 is 5.11 Å². The average molecular weight is 197 g/mol. The van der Waals surface area contributed by atoms with Gasteiger partial charge in [0.15, 0.2) is 0 Å². The van der Waals surface area contributed by atoms with Crippen molar-refractivity contribution in [3.8, 4) is 0 Å². The molecule has 0 aliphatic rings. The van der Waals surface area contributed by atoms with Gasteiger partial charge < -0.3 is 15.4 Å². The quantitative estimate of drug-likeness (QED) is 0.609. The summed E-state index contributed by atoms with van der Waals surface area (Å²) in [5, 5.41) is 12.1. The molecule has 0 radical (unpaired) electrons. The lowest BCUT2D eigenvalue weighted by molar-refractivity contribution is 0.251. The van der Waals surface area contributed by atoms with Crippen LogP contribution in [0.2, 0.25) is 0 Å². The van der Waals surface area contributed by atoms with Gasteiger partial charge in [-0.1, -0.05) is 13.3 Å². The number of hydrogen-bond donors (Lipinski definition) is 3. The van der Waals surface area contributed by atoms with Crippen molar-refractivity contribution in [2.75, 3.05) is 13.2 Å². The predicted octanol–water partition coefficient (Wildman–Crippen LogP) is 0.908. The molecule has 0 aromatic carbocycles. The fourth-order valence-corrected chi connectivity index (χ4v) is 1.43. The lowest BCUT2D eigenvalue weighted by Gasteiger charge is -2.13. The van der Waals surface area contributed by atoms with E-state index in [-0.39, 0.29) is 6.61 Å². The first-order valence-corrected chi connectivity index (χ1v) is 5.15. The molecule has 0 spiro atoms. The van der Waals surface area contributed by atoms with E-state index in [0.29, 0.717) is 5.92 Å². The Balaban J connectivity index is 2.13. The second kappa shape index (κ2) is 6.56. The summed E-state index contributed by atoms with van der Waals surface area (Å²) >= 11 is 0. The van der Waals surface area contributed by atoms with E-state index >= 15 is 0 Å². The molecule has 1 aromatic heterocycles. The van der Waals surface area contributed by atoms with Gasteiger partial charge in [-0.25, -0.2) is 4.98 Å². The summed E-state index contributed by atoms with van der Waals surface area (Å²) in [5.41, 5.74) is 1.10. The van der Waals surface area contributed by atoms with E-state index in [1.165, 1.54) is 0 Å². The van der Waals surface area contributed by atoms with Gasteiger partial charge in [-0.3, -0.25) is 0 Å². The third-order valence-corrected chi connectivity index (χ3v) is 2.42. The summed E-state index contributed by atoms with van der Waals surface area (Å²) in [7, 11) is 0. The van der Waals surface area contributed by atoms with Crippen LogP contribution < -0.4 is 5.32 Å².